The standard InChI is InChI=1S/C21H21N3O4/c1-14-2-6-16(7-3-14)21-23-20(28-24-21)13-22-19(25)9-5-15-4-8-17-18(12-15)27-11-10-26-17/h2-4,6-8,12H,5,9-11,13H2,1H3,(H,22,25). The third kappa shape index (κ3) is 4.31. The van der Waals surface area contributed by atoms with E-state index in [1.165, 1.54) is 0 Å². The highest BCUT2D eigenvalue weighted by atomic mass is 16.6. The van der Waals surface area contributed by atoms with Gasteiger partial charge < -0.3 is 19.3 Å². The third-order valence-electron chi connectivity index (χ3n) is 4.46. The number of aromatic nitrogens is 2. The monoisotopic (exact) mass is 379 g/mol. The zero-order valence-corrected chi connectivity index (χ0v) is 15.6. The van der Waals surface area contributed by atoms with E-state index in [-0.39, 0.29) is 12.5 Å². The van der Waals surface area contributed by atoms with Gasteiger partial charge in [0.25, 0.3) is 0 Å². The van der Waals surface area contributed by atoms with Crippen molar-refractivity contribution >= 4 is 5.91 Å². The summed E-state index contributed by atoms with van der Waals surface area (Å²) in [7, 11) is 0. The lowest BCUT2D eigenvalue weighted by Crippen LogP contribution is -2.23. The number of benzene rings is 2. The van der Waals surface area contributed by atoms with Crippen LogP contribution in [0.1, 0.15) is 23.4 Å². The van der Waals surface area contributed by atoms with Gasteiger partial charge in [0, 0.05) is 12.0 Å². The summed E-state index contributed by atoms with van der Waals surface area (Å²) in [6, 6.07) is 13.6. The molecule has 1 amide bonds. The van der Waals surface area contributed by atoms with Crippen LogP contribution >= 0.6 is 0 Å². The van der Waals surface area contributed by atoms with Gasteiger partial charge in [0.05, 0.1) is 6.54 Å². The molecule has 0 bridgehead atoms. The van der Waals surface area contributed by atoms with E-state index < -0.39 is 0 Å². The summed E-state index contributed by atoms with van der Waals surface area (Å²) >= 11 is 0. The van der Waals surface area contributed by atoms with Crippen molar-refractivity contribution in [3.8, 4) is 22.9 Å². The Morgan fingerprint density at radius 2 is 1.86 bits per heavy atom. The van der Waals surface area contributed by atoms with Crippen molar-refractivity contribution in [1.29, 1.82) is 0 Å². The predicted molar refractivity (Wildman–Crippen MR) is 102 cm³/mol. The SMILES string of the molecule is Cc1ccc(-c2noc(CNC(=O)CCc3ccc4c(c3)OCCO4)n2)cc1. The fourth-order valence-electron chi connectivity index (χ4n) is 2.91. The lowest BCUT2D eigenvalue weighted by atomic mass is 10.1. The van der Waals surface area contributed by atoms with E-state index in [1.54, 1.807) is 0 Å². The highest BCUT2D eigenvalue weighted by Gasteiger charge is 2.13. The Morgan fingerprint density at radius 1 is 1.07 bits per heavy atom. The molecule has 0 radical (unpaired) electrons. The summed E-state index contributed by atoms with van der Waals surface area (Å²) in [5.74, 6) is 2.30. The zero-order valence-electron chi connectivity index (χ0n) is 15.6. The van der Waals surface area contributed by atoms with Crippen LogP contribution in [0, 0.1) is 6.92 Å². The van der Waals surface area contributed by atoms with Crippen LogP contribution in [0.2, 0.25) is 0 Å². The highest BCUT2D eigenvalue weighted by Crippen LogP contribution is 2.31. The molecule has 0 saturated heterocycles. The van der Waals surface area contributed by atoms with Gasteiger partial charge in [-0.2, -0.15) is 4.98 Å². The molecular weight excluding hydrogens is 358 g/mol. The van der Waals surface area contributed by atoms with Crippen molar-refractivity contribution in [3.05, 3.63) is 59.5 Å². The summed E-state index contributed by atoms with van der Waals surface area (Å²) in [6.45, 7) is 3.34. The second-order valence-electron chi connectivity index (χ2n) is 6.63. The minimum atomic E-state index is -0.0787. The molecule has 7 heteroatoms. The van der Waals surface area contributed by atoms with Crippen LogP contribution in [0.25, 0.3) is 11.4 Å². The number of rotatable bonds is 6. The lowest BCUT2D eigenvalue weighted by Gasteiger charge is -2.18. The maximum absolute atomic E-state index is 12.1. The third-order valence-corrected chi connectivity index (χ3v) is 4.46. The quantitative estimate of drug-likeness (QED) is 0.708. The van der Waals surface area contributed by atoms with Crippen molar-refractivity contribution in [3.63, 3.8) is 0 Å². The second kappa shape index (κ2) is 8.12. The maximum atomic E-state index is 12.1. The van der Waals surface area contributed by atoms with Crippen LogP contribution < -0.4 is 14.8 Å². The number of ether oxygens (including phenoxy) is 2. The van der Waals surface area contributed by atoms with Crippen LogP contribution in [0.4, 0.5) is 0 Å². The summed E-state index contributed by atoms with van der Waals surface area (Å²) in [6.07, 6.45) is 0.972. The minimum absolute atomic E-state index is 0.0787. The molecule has 144 valence electrons. The van der Waals surface area contributed by atoms with E-state index in [4.69, 9.17) is 14.0 Å². The lowest BCUT2D eigenvalue weighted by molar-refractivity contribution is -0.121. The van der Waals surface area contributed by atoms with Crippen LogP contribution in [-0.4, -0.2) is 29.3 Å². The van der Waals surface area contributed by atoms with Gasteiger partial charge in [0.2, 0.25) is 17.6 Å². The Morgan fingerprint density at radius 3 is 2.68 bits per heavy atom. The Labute approximate surface area is 162 Å². The van der Waals surface area contributed by atoms with Crippen LogP contribution in [0.15, 0.2) is 47.0 Å². The van der Waals surface area contributed by atoms with E-state index in [9.17, 15) is 4.79 Å². The van der Waals surface area contributed by atoms with E-state index >= 15 is 0 Å². The molecule has 1 N–H and O–H groups in total. The molecule has 1 aromatic heterocycles. The molecule has 2 heterocycles. The van der Waals surface area contributed by atoms with Crippen molar-refractivity contribution in [1.82, 2.24) is 15.5 Å². The second-order valence-corrected chi connectivity index (χ2v) is 6.63. The van der Waals surface area contributed by atoms with Gasteiger partial charge in [-0.05, 0) is 31.0 Å². The molecule has 0 aliphatic carbocycles. The van der Waals surface area contributed by atoms with Gasteiger partial charge in [-0.1, -0.05) is 41.1 Å². The number of nitrogens with zero attached hydrogens (tertiary/aromatic N) is 2. The van der Waals surface area contributed by atoms with Crippen LogP contribution in [0.3, 0.4) is 0 Å². The van der Waals surface area contributed by atoms with Crippen molar-refractivity contribution < 1.29 is 18.8 Å². The fourth-order valence-corrected chi connectivity index (χ4v) is 2.91. The predicted octanol–water partition coefficient (Wildman–Crippen LogP) is 3.07. The van der Waals surface area contributed by atoms with E-state index in [2.05, 4.69) is 15.5 Å². The first kappa shape index (κ1) is 18.0. The number of aryl methyl sites for hydroxylation is 2. The molecule has 3 aromatic rings. The molecule has 0 spiro atoms. The number of hydrogen-bond acceptors (Lipinski definition) is 6. The number of nitrogens with one attached hydrogen (secondary N) is 1. The molecule has 28 heavy (non-hydrogen) atoms. The van der Waals surface area contributed by atoms with Crippen LogP contribution in [-0.2, 0) is 17.8 Å². The molecule has 0 saturated carbocycles. The number of amides is 1. The van der Waals surface area contributed by atoms with E-state index in [0.717, 1.165) is 28.2 Å². The van der Waals surface area contributed by atoms with Crippen molar-refractivity contribution in [2.24, 2.45) is 0 Å². The largest absolute Gasteiger partial charge is 0.486 e. The van der Waals surface area contributed by atoms with Crippen molar-refractivity contribution in [2.45, 2.75) is 26.3 Å². The maximum Gasteiger partial charge on any atom is 0.246 e. The molecule has 0 atom stereocenters. The molecule has 0 fully saturated rings. The Balaban J connectivity index is 1.27. The number of hydrogen-bond donors (Lipinski definition) is 1. The molecule has 4 rings (SSSR count). The van der Waals surface area contributed by atoms with E-state index in [0.29, 0.717) is 37.8 Å². The average molecular weight is 379 g/mol. The summed E-state index contributed by atoms with van der Waals surface area (Å²) in [4.78, 5) is 16.5. The Hall–Kier alpha value is -3.35. The molecular formula is C21H21N3O4. The van der Waals surface area contributed by atoms with E-state index in [1.807, 2.05) is 49.4 Å². The van der Waals surface area contributed by atoms with Gasteiger partial charge >= 0.3 is 0 Å². The number of carbonyl (C=O) groups excluding carboxylic acids is 1. The van der Waals surface area contributed by atoms with Crippen LogP contribution in [0.5, 0.6) is 11.5 Å². The Bertz CT molecular complexity index is 966. The van der Waals surface area contributed by atoms with Gasteiger partial charge in [-0.25, -0.2) is 0 Å². The smallest absolute Gasteiger partial charge is 0.246 e. The van der Waals surface area contributed by atoms with Crippen molar-refractivity contribution in [2.75, 3.05) is 13.2 Å². The zero-order chi connectivity index (χ0) is 19.3. The first-order valence-electron chi connectivity index (χ1n) is 9.22. The Kier molecular flexibility index (Phi) is 5.23. The molecule has 0 unspecified atom stereocenters. The molecule has 2 aromatic carbocycles. The highest BCUT2D eigenvalue weighted by molar-refractivity contribution is 5.76. The van der Waals surface area contributed by atoms with Gasteiger partial charge in [-0.3, -0.25) is 4.79 Å². The summed E-state index contributed by atoms with van der Waals surface area (Å²) in [5, 5.41) is 6.78. The van der Waals surface area contributed by atoms with Gasteiger partial charge in [-0.15, -0.1) is 0 Å². The number of fused-ring (bicyclic) bond motifs is 1. The topological polar surface area (TPSA) is 86.5 Å². The fraction of sp³-hybridized carbons (Fsp3) is 0.286. The first-order chi connectivity index (χ1) is 13.7. The first-order valence-corrected chi connectivity index (χ1v) is 9.22. The van der Waals surface area contributed by atoms with Gasteiger partial charge in [0.1, 0.15) is 13.2 Å². The minimum Gasteiger partial charge on any atom is -0.486 e. The molecule has 1 aliphatic rings. The molecule has 1 aliphatic heterocycles. The molecule has 7 nitrogen and oxygen atoms in total. The summed E-state index contributed by atoms with van der Waals surface area (Å²) in [5.41, 5.74) is 3.07. The average Bonchev–Trinajstić information content (AvgIpc) is 3.20. The normalized spacial score (nSPS) is 12.6. The summed E-state index contributed by atoms with van der Waals surface area (Å²) < 4.78 is 16.3. The number of carbonyl (C=O) groups is 1. The van der Waals surface area contributed by atoms with Gasteiger partial charge in [0.15, 0.2) is 11.5 Å².